The van der Waals surface area contributed by atoms with E-state index >= 15 is 0 Å². The third-order valence-electron chi connectivity index (χ3n) is 8.67. The van der Waals surface area contributed by atoms with E-state index in [-0.39, 0.29) is 17.6 Å². The Morgan fingerprint density at radius 3 is 2.44 bits per heavy atom. The number of nitrogens with one attached hydrogen (secondary N) is 2. The van der Waals surface area contributed by atoms with Crippen LogP contribution in [0.4, 0.5) is 13.2 Å². The SMILES string of the molecule is CC1(C)NC(C23CC(N(Cc4ccc(Cl)cc4)S(=O)(=O)c4ccn(C5CC5)n4)(C2)C3)=N[C@H]1C(=O)NCCC(F)(F)F. The number of hydrogen-bond donors (Lipinski definition) is 2. The van der Waals surface area contributed by atoms with Crippen molar-refractivity contribution in [2.45, 2.75) is 93.3 Å². The standard InChI is InChI=1S/C27H32ClF3N6O3S/c1-24(2)21(22(38)32-11-10-27(29,30)31)33-23(34-24)25-14-26(15-25,16-25)37(13-17-3-5-18(28)6-4-17)41(39,40)20-9-12-36(35-20)19-7-8-19/h3-6,9,12,19,21H,7-8,10-11,13-16H2,1-2H3,(H,32,38)(H,33,34)/t21-,25?,26?/m0/s1. The monoisotopic (exact) mass is 612 g/mol. The van der Waals surface area contributed by atoms with Crippen LogP contribution in [0.15, 0.2) is 46.5 Å². The highest BCUT2D eigenvalue weighted by Crippen LogP contribution is 2.71. The predicted octanol–water partition coefficient (Wildman–Crippen LogP) is 4.20. The molecule has 2 bridgehead atoms. The zero-order chi connectivity index (χ0) is 29.4. The van der Waals surface area contributed by atoms with E-state index in [1.54, 1.807) is 47.2 Å². The van der Waals surface area contributed by atoms with Crippen molar-refractivity contribution in [2.24, 2.45) is 10.4 Å². The van der Waals surface area contributed by atoms with Gasteiger partial charge in [-0.15, -0.1) is 0 Å². The summed E-state index contributed by atoms with van der Waals surface area (Å²) in [5, 5.41) is 10.7. The van der Waals surface area contributed by atoms with E-state index < -0.39 is 57.6 Å². The highest BCUT2D eigenvalue weighted by molar-refractivity contribution is 7.89. The lowest BCUT2D eigenvalue weighted by atomic mass is 9.38. The summed E-state index contributed by atoms with van der Waals surface area (Å²) in [6.45, 7) is 3.21. The number of rotatable bonds is 10. The van der Waals surface area contributed by atoms with Gasteiger partial charge in [-0.25, -0.2) is 8.42 Å². The first-order valence-corrected chi connectivity index (χ1v) is 15.5. The molecule has 5 aliphatic rings. The number of hydrogen-bond acceptors (Lipinski definition) is 6. The maximum absolute atomic E-state index is 14.0. The van der Waals surface area contributed by atoms with Crippen molar-refractivity contribution in [1.29, 1.82) is 0 Å². The van der Waals surface area contributed by atoms with Crippen molar-refractivity contribution in [1.82, 2.24) is 24.7 Å². The van der Waals surface area contributed by atoms with Crippen LogP contribution in [-0.2, 0) is 21.4 Å². The first-order chi connectivity index (χ1) is 19.1. The number of carbonyl (C=O) groups is 1. The number of nitrogens with zero attached hydrogens (tertiary/aromatic N) is 4. The molecule has 9 nitrogen and oxygen atoms in total. The highest BCUT2D eigenvalue weighted by atomic mass is 35.5. The highest BCUT2D eigenvalue weighted by Gasteiger charge is 2.75. The first kappa shape index (κ1) is 28.5. The Bertz CT molecular complexity index is 1480. The topological polar surface area (TPSA) is 109 Å². The maximum Gasteiger partial charge on any atom is 0.390 e. The minimum atomic E-state index is -4.36. The second-order valence-electron chi connectivity index (χ2n) is 12.4. The lowest BCUT2D eigenvalue weighted by Gasteiger charge is -2.72. The molecule has 14 heteroatoms. The molecule has 2 N–H and O–H groups in total. The molecule has 1 atom stereocenters. The number of aromatic nitrogens is 2. The lowest BCUT2D eigenvalue weighted by molar-refractivity contribution is -0.151. The van der Waals surface area contributed by atoms with Crippen LogP contribution in [0, 0.1) is 5.41 Å². The molecule has 0 radical (unpaired) electrons. The largest absolute Gasteiger partial charge is 0.390 e. The molecule has 222 valence electrons. The fourth-order valence-corrected chi connectivity index (χ4v) is 8.21. The molecule has 4 fully saturated rings. The predicted molar refractivity (Wildman–Crippen MR) is 146 cm³/mol. The molecule has 1 amide bonds. The molecule has 0 spiro atoms. The van der Waals surface area contributed by atoms with E-state index in [9.17, 15) is 26.4 Å². The van der Waals surface area contributed by atoms with Crippen LogP contribution in [0.2, 0.25) is 5.02 Å². The van der Waals surface area contributed by atoms with Crippen molar-refractivity contribution < 1.29 is 26.4 Å². The number of amides is 1. The average molecular weight is 613 g/mol. The van der Waals surface area contributed by atoms with Crippen LogP contribution in [-0.4, -0.2) is 64.1 Å². The molecule has 4 aliphatic carbocycles. The summed E-state index contributed by atoms with van der Waals surface area (Å²) in [5.41, 5.74) is -1.06. The normalized spacial score (nSPS) is 28.5. The van der Waals surface area contributed by atoms with Gasteiger partial charge < -0.3 is 10.6 Å². The molecule has 7 rings (SSSR count). The smallest absolute Gasteiger partial charge is 0.366 e. The third kappa shape index (κ3) is 5.14. The Kier molecular flexibility index (Phi) is 6.55. The Balaban J connectivity index is 1.21. The van der Waals surface area contributed by atoms with Crippen LogP contribution in [0.5, 0.6) is 0 Å². The lowest BCUT2D eigenvalue weighted by Crippen LogP contribution is -2.78. The number of benzene rings is 1. The van der Waals surface area contributed by atoms with Gasteiger partial charge in [0.2, 0.25) is 5.91 Å². The molecule has 4 saturated carbocycles. The quantitative estimate of drug-likeness (QED) is 0.418. The van der Waals surface area contributed by atoms with Gasteiger partial charge in [-0.2, -0.15) is 22.6 Å². The number of amidine groups is 1. The second-order valence-corrected chi connectivity index (χ2v) is 14.7. The van der Waals surface area contributed by atoms with Gasteiger partial charge in [0.25, 0.3) is 10.0 Å². The van der Waals surface area contributed by atoms with E-state index in [4.69, 9.17) is 11.6 Å². The van der Waals surface area contributed by atoms with Gasteiger partial charge >= 0.3 is 6.18 Å². The number of halogens is 4. The number of carbonyl (C=O) groups excluding carboxylic acids is 1. The Hall–Kier alpha value is -2.64. The molecule has 1 aromatic carbocycles. The summed E-state index contributed by atoms with van der Waals surface area (Å²) in [6, 6.07) is 7.98. The summed E-state index contributed by atoms with van der Waals surface area (Å²) < 4.78 is 68.9. The van der Waals surface area contributed by atoms with Gasteiger partial charge in [0.15, 0.2) is 11.1 Å². The average Bonchev–Trinajstić information content (AvgIpc) is 3.45. The van der Waals surface area contributed by atoms with Gasteiger partial charge in [-0.05, 0) is 69.7 Å². The zero-order valence-corrected chi connectivity index (χ0v) is 24.3. The first-order valence-electron chi connectivity index (χ1n) is 13.7. The molecule has 0 unspecified atom stereocenters. The van der Waals surface area contributed by atoms with Gasteiger partial charge in [0.05, 0.1) is 18.0 Å². The minimum Gasteiger partial charge on any atom is -0.366 e. The van der Waals surface area contributed by atoms with Gasteiger partial charge in [0, 0.05) is 35.3 Å². The van der Waals surface area contributed by atoms with Crippen molar-refractivity contribution in [3.63, 3.8) is 0 Å². The molecule has 2 aromatic rings. The van der Waals surface area contributed by atoms with Crippen molar-refractivity contribution in [2.75, 3.05) is 6.54 Å². The Morgan fingerprint density at radius 2 is 1.83 bits per heavy atom. The van der Waals surface area contributed by atoms with Crippen LogP contribution < -0.4 is 10.6 Å². The summed E-state index contributed by atoms with van der Waals surface area (Å²) in [5.74, 6) is 0.0449. The summed E-state index contributed by atoms with van der Waals surface area (Å²) in [7, 11) is -3.94. The van der Waals surface area contributed by atoms with Gasteiger partial charge in [0.1, 0.15) is 5.84 Å². The van der Waals surface area contributed by atoms with E-state index in [0.29, 0.717) is 30.1 Å². The minimum absolute atomic E-state index is 0.0187. The molecule has 1 aliphatic heterocycles. The van der Waals surface area contributed by atoms with Gasteiger partial charge in [-0.1, -0.05) is 23.7 Å². The summed E-state index contributed by atoms with van der Waals surface area (Å²) >= 11 is 6.06. The van der Waals surface area contributed by atoms with Crippen LogP contribution in [0.25, 0.3) is 0 Å². The van der Waals surface area contributed by atoms with E-state index in [1.807, 2.05) is 12.1 Å². The molecular formula is C27H32ClF3N6O3S. The molecule has 41 heavy (non-hydrogen) atoms. The molecular weight excluding hydrogens is 581 g/mol. The Labute approximate surface area is 241 Å². The number of aliphatic imine (C=N–C) groups is 1. The second kappa shape index (κ2) is 9.43. The van der Waals surface area contributed by atoms with Gasteiger partial charge in [-0.3, -0.25) is 14.5 Å². The van der Waals surface area contributed by atoms with Crippen molar-refractivity contribution in [3.8, 4) is 0 Å². The summed E-state index contributed by atoms with van der Waals surface area (Å²) in [6.07, 6.45) is -0.252. The molecule has 0 saturated heterocycles. The van der Waals surface area contributed by atoms with Crippen LogP contribution in [0.1, 0.15) is 64.0 Å². The van der Waals surface area contributed by atoms with Crippen LogP contribution >= 0.6 is 11.6 Å². The fourth-order valence-electron chi connectivity index (χ4n) is 6.40. The fraction of sp³-hybridized carbons (Fsp3) is 0.593. The van der Waals surface area contributed by atoms with E-state index in [1.165, 1.54) is 0 Å². The third-order valence-corrected chi connectivity index (χ3v) is 10.8. The van der Waals surface area contributed by atoms with E-state index in [0.717, 1.165) is 18.4 Å². The molecule has 2 heterocycles. The maximum atomic E-state index is 14.0. The van der Waals surface area contributed by atoms with Crippen molar-refractivity contribution in [3.05, 3.63) is 47.1 Å². The van der Waals surface area contributed by atoms with E-state index in [2.05, 4.69) is 20.7 Å². The van der Waals surface area contributed by atoms with Crippen molar-refractivity contribution >= 4 is 33.4 Å². The van der Waals surface area contributed by atoms with Crippen LogP contribution in [0.3, 0.4) is 0 Å². The number of sulfonamides is 1. The Morgan fingerprint density at radius 1 is 1.17 bits per heavy atom. The molecule has 1 aromatic heterocycles. The zero-order valence-electron chi connectivity index (χ0n) is 22.7. The number of alkyl halides is 3. The summed E-state index contributed by atoms with van der Waals surface area (Å²) in [4.78, 5) is 17.4.